The Morgan fingerprint density at radius 3 is 2.47 bits per heavy atom. The SMILES string of the molecule is COC(=O)C[C@H](O)CP(=O)(CCc1c(C)cc2ccccc2c1-c1ccc(F)cc1)OC. The van der Waals surface area contributed by atoms with E-state index < -0.39 is 19.4 Å². The molecular formula is C25H28FO5P. The molecule has 2 atom stereocenters. The second-order valence-corrected chi connectivity index (χ2v) is 10.7. The fraction of sp³-hybridized carbons (Fsp3) is 0.320. The zero-order chi connectivity index (χ0) is 23.3. The van der Waals surface area contributed by atoms with Gasteiger partial charge < -0.3 is 14.4 Å². The van der Waals surface area contributed by atoms with E-state index in [0.717, 1.165) is 33.0 Å². The van der Waals surface area contributed by atoms with Crippen LogP contribution in [0, 0.1) is 12.7 Å². The summed E-state index contributed by atoms with van der Waals surface area (Å²) in [7, 11) is -0.604. The van der Waals surface area contributed by atoms with E-state index in [0.29, 0.717) is 6.42 Å². The number of hydrogen-bond donors (Lipinski definition) is 1. The number of rotatable bonds is 9. The molecule has 0 aliphatic carbocycles. The highest BCUT2D eigenvalue weighted by Gasteiger charge is 2.28. The van der Waals surface area contributed by atoms with Gasteiger partial charge in [0, 0.05) is 13.3 Å². The molecule has 170 valence electrons. The second kappa shape index (κ2) is 10.4. The van der Waals surface area contributed by atoms with Crippen LogP contribution in [0.15, 0.2) is 54.6 Å². The van der Waals surface area contributed by atoms with Crippen LogP contribution >= 0.6 is 7.37 Å². The van der Waals surface area contributed by atoms with Gasteiger partial charge >= 0.3 is 5.97 Å². The summed E-state index contributed by atoms with van der Waals surface area (Å²) in [6.45, 7) is 2.00. The molecule has 0 aromatic heterocycles. The van der Waals surface area contributed by atoms with Crippen LogP contribution in [-0.2, 0) is 25.0 Å². The molecule has 0 aliphatic rings. The lowest BCUT2D eigenvalue weighted by Gasteiger charge is -2.22. The van der Waals surface area contributed by atoms with Gasteiger partial charge in [0.25, 0.3) is 0 Å². The lowest BCUT2D eigenvalue weighted by Crippen LogP contribution is -2.20. The van der Waals surface area contributed by atoms with Gasteiger partial charge in [0.2, 0.25) is 7.37 Å². The van der Waals surface area contributed by atoms with Gasteiger partial charge in [-0.2, -0.15) is 0 Å². The molecule has 32 heavy (non-hydrogen) atoms. The maximum atomic E-state index is 13.6. The van der Waals surface area contributed by atoms with E-state index in [9.17, 15) is 18.9 Å². The number of hydrogen-bond acceptors (Lipinski definition) is 5. The third-order valence-corrected chi connectivity index (χ3v) is 8.22. The number of aryl methyl sites for hydroxylation is 1. The van der Waals surface area contributed by atoms with Crippen LogP contribution in [0.4, 0.5) is 4.39 Å². The summed E-state index contributed by atoms with van der Waals surface area (Å²) >= 11 is 0. The van der Waals surface area contributed by atoms with Crippen molar-refractivity contribution in [1.82, 2.24) is 0 Å². The van der Waals surface area contributed by atoms with E-state index in [1.807, 2.05) is 31.2 Å². The Balaban J connectivity index is 1.96. The lowest BCUT2D eigenvalue weighted by atomic mass is 9.89. The van der Waals surface area contributed by atoms with Gasteiger partial charge in [-0.05, 0) is 58.5 Å². The molecule has 0 spiro atoms. The number of methoxy groups -OCH3 is 1. The quantitative estimate of drug-likeness (QED) is 0.346. The first-order chi connectivity index (χ1) is 15.3. The number of esters is 1. The zero-order valence-electron chi connectivity index (χ0n) is 18.5. The van der Waals surface area contributed by atoms with Crippen LogP contribution < -0.4 is 0 Å². The average molecular weight is 458 g/mol. The highest BCUT2D eigenvalue weighted by Crippen LogP contribution is 2.48. The molecule has 0 amide bonds. The summed E-state index contributed by atoms with van der Waals surface area (Å²) in [6.07, 6.45) is -0.826. The smallest absolute Gasteiger partial charge is 0.308 e. The fourth-order valence-electron chi connectivity index (χ4n) is 4.00. The number of aliphatic hydroxyl groups is 1. The number of carbonyl (C=O) groups excluding carboxylic acids is 1. The standard InChI is InChI=1S/C25H28FO5P/c1-17-14-19-6-4-5-7-23(19)25(18-8-10-20(26)11-9-18)22(17)12-13-32(29,31-3)16-21(27)15-24(28)30-2/h4-11,14,21,27H,12-13,15-16H2,1-3H3/t21-,32?/m0/s1. The summed E-state index contributed by atoms with van der Waals surface area (Å²) in [5.74, 6) is -0.875. The first-order valence-corrected chi connectivity index (χ1v) is 12.4. The van der Waals surface area contributed by atoms with Crippen molar-refractivity contribution < 1.29 is 28.1 Å². The largest absolute Gasteiger partial charge is 0.469 e. The van der Waals surface area contributed by atoms with E-state index in [1.54, 1.807) is 12.1 Å². The molecule has 3 aromatic carbocycles. The molecule has 5 nitrogen and oxygen atoms in total. The molecular weight excluding hydrogens is 430 g/mol. The molecule has 3 aromatic rings. The van der Waals surface area contributed by atoms with Crippen molar-refractivity contribution in [3.05, 3.63) is 71.5 Å². The first kappa shape index (κ1) is 24.1. The van der Waals surface area contributed by atoms with Crippen LogP contribution in [-0.4, -0.2) is 43.7 Å². The molecule has 0 heterocycles. The topological polar surface area (TPSA) is 72.8 Å². The minimum atomic E-state index is -3.21. The molecule has 1 unspecified atom stereocenters. The molecule has 0 fully saturated rings. The van der Waals surface area contributed by atoms with Crippen molar-refractivity contribution >= 4 is 24.1 Å². The van der Waals surface area contributed by atoms with Gasteiger partial charge in [-0.15, -0.1) is 0 Å². The number of ether oxygens (including phenoxy) is 1. The number of halogens is 1. The fourth-order valence-corrected chi connectivity index (χ4v) is 5.85. The molecule has 0 saturated carbocycles. The van der Waals surface area contributed by atoms with E-state index in [4.69, 9.17) is 4.52 Å². The molecule has 0 radical (unpaired) electrons. The van der Waals surface area contributed by atoms with Crippen molar-refractivity contribution in [2.75, 3.05) is 26.5 Å². The van der Waals surface area contributed by atoms with Crippen LogP contribution in [0.5, 0.6) is 0 Å². The molecule has 1 N–H and O–H groups in total. The van der Waals surface area contributed by atoms with Crippen molar-refractivity contribution in [2.45, 2.75) is 25.9 Å². The van der Waals surface area contributed by atoms with E-state index in [2.05, 4.69) is 10.8 Å². The van der Waals surface area contributed by atoms with Gasteiger partial charge in [-0.1, -0.05) is 42.5 Å². The highest BCUT2D eigenvalue weighted by molar-refractivity contribution is 7.59. The molecule has 0 saturated heterocycles. The summed E-state index contributed by atoms with van der Waals surface area (Å²) in [4.78, 5) is 11.4. The first-order valence-electron chi connectivity index (χ1n) is 10.4. The summed E-state index contributed by atoms with van der Waals surface area (Å²) in [5, 5.41) is 12.3. The van der Waals surface area contributed by atoms with Crippen molar-refractivity contribution in [2.24, 2.45) is 0 Å². The maximum Gasteiger partial charge on any atom is 0.308 e. The van der Waals surface area contributed by atoms with Crippen LogP contribution in [0.3, 0.4) is 0 Å². The minimum Gasteiger partial charge on any atom is -0.469 e. The van der Waals surface area contributed by atoms with Gasteiger partial charge in [0.05, 0.1) is 25.8 Å². The molecule has 3 rings (SSSR count). The predicted molar refractivity (Wildman–Crippen MR) is 125 cm³/mol. The third-order valence-electron chi connectivity index (χ3n) is 5.67. The van der Waals surface area contributed by atoms with Gasteiger partial charge in [0.1, 0.15) is 5.82 Å². The molecule has 0 aliphatic heterocycles. The highest BCUT2D eigenvalue weighted by atomic mass is 31.2. The van der Waals surface area contributed by atoms with Gasteiger partial charge in [-0.3, -0.25) is 9.36 Å². The van der Waals surface area contributed by atoms with Crippen LogP contribution in [0.1, 0.15) is 17.5 Å². The second-order valence-electron chi connectivity index (χ2n) is 7.86. The van der Waals surface area contributed by atoms with Crippen molar-refractivity contribution in [3.8, 4) is 11.1 Å². The Kier molecular flexibility index (Phi) is 7.83. The summed E-state index contributed by atoms with van der Waals surface area (Å²) < 4.78 is 36.8. The van der Waals surface area contributed by atoms with Gasteiger partial charge in [0.15, 0.2) is 0 Å². The number of fused-ring (bicyclic) bond motifs is 1. The third kappa shape index (κ3) is 5.63. The van der Waals surface area contributed by atoms with Crippen LogP contribution in [0.25, 0.3) is 21.9 Å². The Labute approximate surface area is 187 Å². The Morgan fingerprint density at radius 2 is 1.81 bits per heavy atom. The minimum absolute atomic E-state index is 0.128. The van der Waals surface area contributed by atoms with Crippen molar-refractivity contribution in [1.29, 1.82) is 0 Å². The van der Waals surface area contributed by atoms with Crippen LogP contribution in [0.2, 0.25) is 0 Å². The number of benzene rings is 3. The predicted octanol–water partition coefficient (Wildman–Crippen LogP) is 5.35. The lowest BCUT2D eigenvalue weighted by molar-refractivity contribution is -0.142. The van der Waals surface area contributed by atoms with E-state index in [-0.39, 0.29) is 24.6 Å². The number of aliphatic hydroxyl groups excluding tert-OH is 1. The summed E-state index contributed by atoms with van der Waals surface area (Å²) in [6, 6.07) is 16.4. The molecule has 0 bridgehead atoms. The molecule has 7 heteroatoms. The van der Waals surface area contributed by atoms with E-state index >= 15 is 0 Å². The normalized spacial score (nSPS) is 14.2. The average Bonchev–Trinajstić information content (AvgIpc) is 2.77. The van der Waals surface area contributed by atoms with Gasteiger partial charge in [-0.25, -0.2) is 4.39 Å². The van der Waals surface area contributed by atoms with E-state index in [1.165, 1.54) is 26.4 Å². The number of carbonyl (C=O) groups is 1. The Morgan fingerprint density at radius 1 is 1.12 bits per heavy atom. The Bertz CT molecular complexity index is 1140. The summed E-state index contributed by atoms with van der Waals surface area (Å²) in [5.41, 5.74) is 3.87. The Hall–Kier alpha value is -2.53. The van der Waals surface area contributed by atoms with Crippen molar-refractivity contribution in [3.63, 3.8) is 0 Å². The maximum absolute atomic E-state index is 13.6. The zero-order valence-corrected chi connectivity index (χ0v) is 19.4. The monoisotopic (exact) mass is 458 g/mol.